The van der Waals surface area contributed by atoms with Gasteiger partial charge >= 0.3 is 12.0 Å². The normalized spacial score (nSPS) is 34.0. The third kappa shape index (κ3) is 3.06. The molecule has 2 fully saturated rings. The Morgan fingerprint density at radius 2 is 2.20 bits per heavy atom. The Morgan fingerprint density at radius 1 is 1.45 bits per heavy atom. The fraction of sp³-hybridized carbons (Fsp3) is 0.857. The summed E-state index contributed by atoms with van der Waals surface area (Å²) in [5.41, 5.74) is 4.53. The molecule has 3 atom stereocenters. The van der Waals surface area contributed by atoms with E-state index >= 15 is 0 Å². The number of carboxylic acids is 1. The topological polar surface area (TPSA) is 95.7 Å². The monoisotopic (exact) mass is 283 g/mol. The molecule has 1 aliphatic heterocycles. The van der Waals surface area contributed by atoms with Crippen molar-refractivity contribution in [3.63, 3.8) is 0 Å². The van der Waals surface area contributed by atoms with Gasteiger partial charge < -0.3 is 21.1 Å². The minimum absolute atomic E-state index is 0.252. The summed E-state index contributed by atoms with van der Waals surface area (Å²) in [7, 11) is 0. The predicted octanol–water partition coefficient (Wildman–Crippen LogP) is 1.01. The minimum atomic E-state index is -1.09. The van der Waals surface area contributed by atoms with Gasteiger partial charge in [0.15, 0.2) is 0 Å². The zero-order valence-corrected chi connectivity index (χ0v) is 12.1. The molecule has 0 radical (unpaired) electrons. The number of amides is 2. The number of hydrogen-bond acceptors (Lipinski definition) is 3. The number of nitrogens with one attached hydrogen (secondary N) is 1. The summed E-state index contributed by atoms with van der Waals surface area (Å²) < 4.78 is 0. The van der Waals surface area contributed by atoms with Crippen LogP contribution in [0, 0.1) is 11.8 Å². The van der Waals surface area contributed by atoms with Crippen LogP contribution in [0.1, 0.15) is 39.0 Å². The molecule has 0 aromatic heterocycles. The summed E-state index contributed by atoms with van der Waals surface area (Å²) in [5, 5.41) is 12.3. The van der Waals surface area contributed by atoms with Gasteiger partial charge in [-0.25, -0.2) is 9.59 Å². The van der Waals surface area contributed by atoms with Gasteiger partial charge in [0, 0.05) is 13.1 Å². The smallest absolute Gasteiger partial charge is 0.329 e. The van der Waals surface area contributed by atoms with Crippen LogP contribution < -0.4 is 11.1 Å². The second kappa shape index (κ2) is 5.99. The maximum atomic E-state index is 12.3. The predicted molar refractivity (Wildman–Crippen MR) is 75.3 cm³/mol. The molecule has 20 heavy (non-hydrogen) atoms. The number of carboxylic acid groups (broad SMARTS) is 1. The standard InChI is InChI=1S/C14H25N3O3/c1-10-3-2-5-14(7-10,12(18)19)16-13(20)17-6-4-11(8-15)9-17/h10-11H,2-9,15H2,1H3,(H,16,20)(H,18,19). The Balaban J connectivity index is 2.01. The number of carbonyl (C=O) groups is 2. The number of hydrogen-bond donors (Lipinski definition) is 3. The van der Waals surface area contributed by atoms with Crippen molar-refractivity contribution in [2.75, 3.05) is 19.6 Å². The molecule has 2 rings (SSSR count). The molecule has 0 aromatic rings. The van der Waals surface area contributed by atoms with Crippen molar-refractivity contribution >= 4 is 12.0 Å². The zero-order chi connectivity index (χ0) is 14.8. The number of carbonyl (C=O) groups excluding carboxylic acids is 1. The summed E-state index contributed by atoms with van der Waals surface area (Å²) in [4.78, 5) is 25.6. The third-order valence-corrected chi connectivity index (χ3v) is 4.66. The van der Waals surface area contributed by atoms with Crippen LogP contribution in [0.2, 0.25) is 0 Å². The van der Waals surface area contributed by atoms with E-state index in [0.29, 0.717) is 44.3 Å². The first-order chi connectivity index (χ1) is 9.47. The molecular weight excluding hydrogens is 258 g/mol. The first-order valence-electron chi connectivity index (χ1n) is 7.47. The molecule has 0 bridgehead atoms. The van der Waals surface area contributed by atoms with E-state index in [-0.39, 0.29) is 6.03 Å². The van der Waals surface area contributed by atoms with Crippen LogP contribution in [0.25, 0.3) is 0 Å². The lowest BCUT2D eigenvalue weighted by Crippen LogP contribution is -2.59. The largest absolute Gasteiger partial charge is 0.480 e. The Hall–Kier alpha value is -1.30. The Kier molecular flexibility index (Phi) is 4.52. The Bertz CT molecular complexity index is 388. The number of nitrogens with zero attached hydrogens (tertiary/aromatic N) is 1. The fourth-order valence-corrected chi connectivity index (χ4v) is 3.41. The highest BCUT2D eigenvalue weighted by atomic mass is 16.4. The van der Waals surface area contributed by atoms with Crippen molar-refractivity contribution in [3.05, 3.63) is 0 Å². The SMILES string of the molecule is CC1CCCC(NC(=O)N2CCC(CN)C2)(C(=O)O)C1. The van der Waals surface area contributed by atoms with E-state index in [1.54, 1.807) is 4.90 Å². The van der Waals surface area contributed by atoms with Gasteiger partial charge in [-0.15, -0.1) is 0 Å². The van der Waals surface area contributed by atoms with Crippen molar-refractivity contribution in [2.45, 2.75) is 44.6 Å². The van der Waals surface area contributed by atoms with E-state index in [4.69, 9.17) is 5.73 Å². The Labute approximate surface area is 119 Å². The van der Waals surface area contributed by atoms with E-state index in [9.17, 15) is 14.7 Å². The third-order valence-electron chi connectivity index (χ3n) is 4.66. The van der Waals surface area contributed by atoms with Gasteiger partial charge in [-0.05, 0) is 37.6 Å². The molecule has 1 heterocycles. The van der Waals surface area contributed by atoms with Gasteiger partial charge in [0.25, 0.3) is 0 Å². The maximum Gasteiger partial charge on any atom is 0.329 e. The quantitative estimate of drug-likeness (QED) is 0.720. The van der Waals surface area contributed by atoms with Crippen LogP contribution in [-0.4, -0.2) is 47.2 Å². The van der Waals surface area contributed by atoms with Gasteiger partial charge in [0.1, 0.15) is 5.54 Å². The summed E-state index contributed by atoms with van der Waals surface area (Å²) in [6.07, 6.45) is 3.82. The van der Waals surface area contributed by atoms with Crippen molar-refractivity contribution in [1.82, 2.24) is 10.2 Å². The fourth-order valence-electron chi connectivity index (χ4n) is 3.41. The van der Waals surface area contributed by atoms with Crippen molar-refractivity contribution in [3.8, 4) is 0 Å². The van der Waals surface area contributed by atoms with E-state index in [1.165, 1.54) is 0 Å². The first-order valence-corrected chi connectivity index (χ1v) is 7.47. The summed E-state index contributed by atoms with van der Waals surface area (Å²) in [5.74, 6) is -0.241. The summed E-state index contributed by atoms with van der Waals surface area (Å²) in [6.45, 7) is 3.92. The molecule has 0 spiro atoms. The highest BCUT2D eigenvalue weighted by molar-refractivity contribution is 5.86. The molecule has 1 aliphatic carbocycles. The van der Waals surface area contributed by atoms with E-state index in [2.05, 4.69) is 5.32 Å². The van der Waals surface area contributed by atoms with Crippen LogP contribution in [0.4, 0.5) is 4.79 Å². The molecule has 1 saturated carbocycles. The zero-order valence-electron chi connectivity index (χ0n) is 12.1. The van der Waals surface area contributed by atoms with Crippen LogP contribution in [0.5, 0.6) is 0 Å². The molecule has 2 aliphatic rings. The minimum Gasteiger partial charge on any atom is -0.480 e. The van der Waals surface area contributed by atoms with Gasteiger partial charge in [-0.2, -0.15) is 0 Å². The molecule has 2 amide bonds. The molecule has 1 saturated heterocycles. The van der Waals surface area contributed by atoms with E-state index in [0.717, 1.165) is 19.3 Å². The average molecular weight is 283 g/mol. The molecule has 0 aromatic carbocycles. The second-order valence-electron chi connectivity index (χ2n) is 6.36. The highest BCUT2D eigenvalue weighted by Gasteiger charge is 2.44. The average Bonchev–Trinajstić information content (AvgIpc) is 2.87. The lowest BCUT2D eigenvalue weighted by molar-refractivity contribution is -0.146. The first kappa shape index (κ1) is 15.1. The number of urea groups is 1. The van der Waals surface area contributed by atoms with Crippen LogP contribution in [0.15, 0.2) is 0 Å². The van der Waals surface area contributed by atoms with Gasteiger partial charge in [0.05, 0.1) is 0 Å². The van der Waals surface area contributed by atoms with Gasteiger partial charge in [-0.1, -0.05) is 19.8 Å². The van der Waals surface area contributed by atoms with Crippen LogP contribution in [-0.2, 0) is 4.79 Å². The Morgan fingerprint density at radius 3 is 2.75 bits per heavy atom. The number of rotatable bonds is 3. The molecule has 114 valence electrons. The summed E-state index contributed by atoms with van der Waals surface area (Å²) >= 11 is 0. The lowest BCUT2D eigenvalue weighted by atomic mass is 9.76. The molecule has 4 N–H and O–H groups in total. The highest BCUT2D eigenvalue weighted by Crippen LogP contribution is 2.33. The van der Waals surface area contributed by atoms with E-state index < -0.39 is 11.5 Å². The van der Waals surface area contributed by atoms with Crippen LogP contribution >= 0.6 is 0 Å². The molecular formula is C14H25N3O3. The number of likely N-dealkylation sites (tertiary alicyclic amines) is 1. The molecule has 6 heteroatoms. The van der Waals surface area contributed by atoms with Crippen molar-refractivity contribution < 1.29 is 14.7 Å². The number of aliphatic carboxylic acids is 1. The van der Waals surface area contributed by atoms with Crippen molar-refractivity contribution in [1.29, 1.82) is 0 Å². The van der Waals surface area contributed by atoms with Crippen LogP contribution in [0.3, 0.4) is 0 Å². The number of nitrogens with two attached hydrogens (primary N) is 1. The summed E-state index contributed by atoms with van der Waals surface area (Å²) in [6, 6.07) is -0.252. The van der Waals surface area contributed by atoms with E-state index in [1.807, 2.05) is 6.92 Å². The maximum absolute atomic E-state index is 12.3. The van der Waals surface area contributed by atoms with Gasteiger partial charge in [0.2, 0.25) is 0 Å². The second-order valence-corrected chi connectivity index (χ2v) is 6.36. The van der Waals surface area contributed by atoms with Gasteiger partial charge in [-0.3, -0.25) is 0 Å². The lowest BCUT2D eigenvalue weighted by Gasteiger charge is -2.38. The molecule has 6 nitrogen and oxygen atoms in total. The van der Waals surface area contributed by atoms with Crippen molar-refractivity contribution in [2.24, 2.45) is 17.6 Å². The molecule has 3 unspecified atom stereocenters.